The van der Waals surface area contributed by atoms with Crippen molar-refractivity contribution in [1.82, 2.24) is 0 Å². The molecule has 2 unspecified atom stereocenters. The molecule has 0 aliphatic heterocycles. The van der Waals surface area contributed by atoms with Gasteiger partial charge in [0.25, 0.3) is 0 Å². The summed E-state index contributed by atoms with van der Waals surface area (Å²) < 4.78 is 5.19. The first-order chi connectivity index (χ1) is 12.6. The Morgan fingerprint density at radius 2 is 1.96 bits per heavy atom. The first-order valence-electron chi connectivity index (χ1n) is 10.2. The van der Waals surface area contributed by atoms with Crippen LogP contribution in [0.3, 0.4) is 0 Å². The molecule has 1 N–H and O–H groups in total. The Morgan fingerprint density at radius 1 is 1.30 bits per heavy atom. The van der Waals surface area contributed by atoms with Crippen LogP contribution < -0.4 is 0 Å². The van der Waals surface area contributed by atoms with Crippen LogP contribution in [0.5, 0.6) is 0 Å². The van der Waals surface area contributed by atoms with Gasteiger partial charge in [0.2, 0.25) is 0 Å². The van der Waals surface area contributed by atoms with E-state index >= 15 is 0 Å². The lowest BCUT2D eigenvalue weighted by Gasteiger charge is -2.58. The lowest BCUT2D eigenvalue weighted by atomic mass is 9.45. The van der Waals surface area contributed by atoms with Gasteiger partial charge in [0.05, 0.1) is 19.4 Å². The molecule has 4 atom stereocenters. The highest BCUT2D eigenvalue weighted by molar-refractivity contribution is 5.75. The molecular weight excluding hydrogens is 340 g/mol. The average Bonchev–Trinajstić information content (AvgIpc) is 2.59. The van der Waals surface area contributed by atoms with E-state index in [-0.39, 0.29) is 35.1 Å². The molecule has 4 heteroatoms. The number of carboxylic acid groups (broad SMARTS) is 1. The molecule has 0 radical (unpaired) electrons. The highest BCUT2D eigenvalue weighted by Crippen LogP contribution is 2.63. The van der Waals surface area contributed by atoms with Gasteiger partial charge in [-0.1, -0.05) is 36.6 Å². The zero-order valence-electron chi connectivity index (χ0n) is 17.9. The van der Waals surface area contributed by atoms with Crippen LogP contribution >= 0.6 is 0 Å². The fraction of sp³-hybridized carbons (Fsp3) is 0.739. The predicted octanol–water partition coefficient (Wildman–Crippen LogP) is 5.53. The Morgan fingerprint density at radius 3 is 2.52 bits per heavy atom. The summed E-state index contributed by atoms with van der Waals surface area (Å²) in [7, 11) is 1.47. The highest BCUT2D eigenvalue weighted by Gasteiger charge is 2.58. The molecule has 2 rings (SSSR count). The van der Waals surface area contributed by atoms with Crippen molar-refractivity contribution in [2.75, 3.05) is 7.11 Å². The Kier molecular flexibility index (Phi) is 6.59. The third-order valence-corrected chi connectivity index (χ3v) is 7.57. The van der Waals surface area contributed by atoms with Gasteiger partial charge in [-0.25, -0.2) is 0 Å². The molecule has 1 saturated carbocycles. The smallest absolute Gasteiger partial charge is 0.309 e. The maximum atomic E-state index is 12.7. The summed E-state index contributed by atoms with van der Waals surface area (Å²) in [4.78, 5) is 24.3. The summed E-state index contributed by atoms with van der Waals surface area (Å²) in [5.74, 6) is -0.891. The maximum Gasteiger partial charge on any atom is 0.309 e. The Hall–Kier alpha value is -1.58. The number of allylic oxidation sites excluding steroid dienone is 4. The van der Waals surface area contributed by atoms with E-state index < -0.39 is 5.97 Å². The molecule has 0 bridgehead atoms. The van der Waals surface area contributed by atoms with Crippen molar-refractivity contribution < 1.29 is 19.4 Å². The van der Waals surface area contributed by atoms with Crippen molar-refractivity contribution in [3.05, 3.63) is 22.8 Å². The van der Waals surface area contributed by atoms with E-state index in [9.17, 15) is 14.7 Å². The van der Waals surface area contributed by atoms with Gasteiger partial charge in [-0.15, -0.1) is 0 Å². The van der Waals surface area contributed by atoms with E-state index in [0.29, 0.717) is 6.42 Å². The number of ether oxygens (including phenoxy) is 1. The van der Waals surface area contributed by atoms with E-state index in [1.165, 1.54) is 23.8 Å². The number of fused-ring (bicyclic) bond motifs is 1. The summed E-state index contributed by atoms with van der Waals surface area (Å²) in [6.07, 6.45) is 7.63. The average molecular weight is 377 g/mol. The molecule has 0 spiro atoms. The van der Waals surface area contributed by atoms with Crippen LogP contribution in [0.25, 0.3) is 0 Å². The van der Waals surface area contributed by atoms with Gasteiger partial charge in [-0.2, -0.15) is 0 Å². The summed E-state index contributed by atoms with van der Waals surface area (Å²) >= 11 is 0. The molecule has 27 heavy (non-hydrogen) atoms. The number of aliphatic carboxylic acids is 1. The second-order valence-electron chi connectivity index (χ2n) is 9.11. The third kappa shape index (κ3) is 4.00. The molecular formula is C23H36O4. The summed E-state index contributed by atoms with van der Waals surface area (Å²) in [6.45, 7) is 10.7. The lowest BCUT2D eigenvalue weighted by molar-refractivity contribution is -0.160. The number of hydrogen-bond donors (Lipinski definition) is 1. The van der Waals surface area contributed by atoms with Gasteiger partial charge in [0, 0.05) is 5.41 Å². The SMILES string of the molecule is CC=C(C)CCC1=C(C)CC[C@H]2C(C)(CC(=O)O)CCC(C(=O)OC)[C@]12C. The van der Waals surface area contributed by atoms with Crippen molar-refractivity contribution in [1.29, 1.82) is 0 Å². The Balaban J connectivity index is 2.53. The first kappa shape index (κ1) is 21.7. The summed E-state index contributed by atoms with van der Waals surface area (Å²) in [5.41, 5.74) is 3.48. The molecule has 0 aromatic heterocycles. The van der Waals surface area contributed by atoms with Crippen LogP contribution in [0.2, 0.25) is 0 Å². The zero-order chi connectivity index (χ0) is 20.4. The largest absolute Gasteiger partial charge is 0.481 e. The van der Waals surface area contributed by atoms with Crippen molar-refractivity contribution >= 4 is 11.9 Å². The number of esters is 1. The van der Waals surface area contributed by atoms with Gasteiger partial charge < -0.3 is 9.84 Å². The predicted molar refractivity (Wildman–Crippen MR) is 107 cm³/mol. The molecule has 1 fully saturated rings. The van der Waals surface area contributed by atoms with Gasteiger partial charge in [-0.3, -0.25) is 9.59 Å². The normalized spacial score (nSPS) is 34.2. The van der Waals surface area contributed by atoms with Crippen LogP contribution in [0.4, 0.5) is 0 Å². The van der Waals surface area contributed by atoms with Crippen LogP contribution in [-0.2, 0) is 14.3 Å². The second kappa shape index (κ2) is 8.20. The lowest BCUT2D eigenvalue weighted by Crippen LogP contribution is -2.54. The van der Waals surface area contributed by atoms with Gasteiger partial charge >= 0.3 is 11.9 Å². The number of hydrogen-bond acceptors (Lipinski definition) is 3. The van der Waals surface area contributed by atoms with E-state index in [1.807, 2.05) is 0 Å². The fourth-order valence-electron chi connectivity index (χ4n) is 5.97. The molecule has 152 valence electrons. The van der Waals surface area contributed by atoms with Gasteiger partial charge in [0.15, 0.2) is 0 Å². The van der Waals surface area contributed by atoms with Crippen molar-refractivity contribution in [2.24, 2.45) is 22.7 Å². The third-order valence-electron chi connectivity index (χ3n) is 7.57. The van der Waals surface area contributed by atoms with Gasteiger partial charge in [0.1, 0.15) is 0 Å². The minimum absolute atomic E-state index is 0.144. The number of carboxylic acids is 1. The standard InChI is InChI=1S/C23H36O4/c1-7-15(2)8-10-17-16(3)9-11-19-22(4,14-20(24)25)13-12-18(21(26)27-6)23(17,19)5/h7,18-19H,8-14H2,1-6H3,(H,24,25)/t18?,19-,22?,23-/m0/s1. The zero-order valence-corrected chi connectivity index (χ0v) is 17.9. The minimum atomic E-state index is -0.742. The monoisotopic (exact) mass is 376 g/mol. The van der Waals surface area contributed by atoms with Crippen LogP contribution in [-0.4, -0.2) is 24.2 Å². The molecule has 2 aliphatic carbocycles. The molecule has 0 aromatic rings. The maximum absolute atomic E-state index is 12.7. The molecule has 2 aliphatic rings. The second-order valence-corrected chi connectivity index (χ2v) is 9.11. The molecule has 0 amide bonds. The van der Waals surface area contributed by atoms with E-state index in [4.69, 9.17) is 4.74 Å². The van der Waals surface area contributed by atoms with Crippen molar-refractivity contribution in [3.63, 3.8) is 0 Å². The van der Waals surface area contributed by atoms with Crippen LogP contribution in [0.1, 0.15) is 79.6 Å². The molecule has 0 saturated heterocycles. The first-order valence-corrected chi connectivity index (χ1v) is 10.2. The van der Waals surface area contributed by atoms with Crippen molar-refractivity contribution in [2.45, 2.75) is 79.6 Å². The van der Waals surface area contributed by atoms with E-state index in [1.54, 1.807) is 0 Å². The molecule has 0 aromatic carbocycles. The summed E-state index contributed by atoms with van der Waals surface area (Å²) in [6, 6.07) is 0. The summed E-state index contributed by atoms with van der Waals surface area (Å²) in [5, 5.41) is 9.54. The Bertz CT molecular complexity index is 659. The number of carbonyl (C=O) groups is 2. The molecule has 4 nitrogen and oxygen atoms in total. The molecule has 0 heterocycles. The topological polar surface area (TPSA) is 63.6 Å². The number of methoxy groups -OCH3 is 1. The van der Waals surface area contributed by atoms with Crippen LogP contribution in [0, 0.1) is 22.7 Å². The quantitative estimate of drug-likeness (QED) is 0.489. The van der Waals surface area contributed by atoms with E-state index in [2.05, 4.69) is 40.7 Å². The Labute approximate surface area is 164 Å². The number of rotatable bonds is 6. The highest BCUT2D eigenvalue weighted by atomic mass is 16.5. The van der Waals surface area contributed by atoms with Gasteiger partial charge in [-0.05, 0) is 70.6 Å². The van der Waals surface area contributed by atoms with E-state index in [0.717, 1.165) is 32.1 Å². The fourth-order valence-corrected chi connectivity index (χ4v) is 5.97. The van der Waals surface area contributed by atoms with Crippen LogP contribution in [0.15, 0.2) is 22.8 Å². The van der Waals surface area contributed by atoms with Crippen molar-refractivity contribution in [3.8, 4) is 0 Å². The number of carbonyl (C=O) groups excluding carboxylic acids is 1. The minimum Gasteiger partial charge on any atom is -0.481 e.